The van der Waals surface area contributed by atoms with Crippen molar-refractivity contribution in [1.29, 1.82) is 0 Å². The van der Waals surface area contributed by atoms with E-state index in [2.05, 4.69) is 140 Å². The summed E-state index contributed by atoms with van der Waals surface area (Å²) in [6, 6.07) is 71.6. The highest BCUT2D eigenvalue weighted by molar-refractivity contribution is 5.96. The number of fused-ring (bicyclic) bond motifs is 10. The Morgan fingerprint density at radius 3 is 1.15 bits per heavy atom. The molecule has 0 radical (unpaired) electrons. The molecular weight excluding hydrogens is 667 g/mol. The van der Waals surface area contributed by atoms with Crippen LogP contribution in [0.15, 0.2) is 200 Å². The Labute approximate surface area is 320 Å². The van der Waals surface area contributed by atoms with Crippen LogP contribution in [0.4, 0.5) is 0 Å². The Morgan fingerprint density at radius 1 is 0.236 bits per heavy atom. The van der Waals surface area contributed by atoms with E-state index in [0.29, 0.717) is 17.5 Å². The van der Waals surface area contributed by atoms with E-state index in [1.54, 1.807) is 0 Å². The van der Waals surface area contributed by atoms with Crippen molar-refractivity contribution in [3.05, 3.63) is 222 Å². The molecule has 1 spiro atoms. The average molecular weight is 700 g/mol. The zero-order chi connectivity index (χ0) is 36.3. The van der Waals surface area contributed by atoms with Gasteiger partial charge >= 0.3 is 0 Å². The topological polar surface area (TPSA) is 38.7 Å². The lowest BCUT2D eigenvalue weighted by atomic mass is 9.70. The predicted molar refractivity (Wildman–Crippen MR) is 223 cm³/mol. The Hall–Kier alpha value is -7.23. The van der Waals surface area contributed by atoms with Crippen molar-refractivity contribution in [1.82, 2.24) is 15.0 Å². The minimum Gasteiger partial charge on any atom is -0.208 e. The highest BCUT2D eigenvalue weighted by Gasteiger charge is 2.51. The van der Waals surface area contributed by atoms with E-state index in [-0.39, 0.29) is 5.41 Å². The summed E-state index contributed by atoms with van der Waals surface area (Å²) >= 11 is 0. The second-order valence-corrected chi connectivity index (χ2v) is 14.3. The second-order valence-electron chi connectivity index (χ2n) is 14.3. The standard InChI is InChI=1S/C52H33N3/c1-3-15-36(16-4-1)49-53-50(37-17-5-2-6-18-37)55-51(54-49)44-23-8-7-19-39(44)35-29-27-34(28-30-35)38-31-32-43-42-22-11-14-26-47(42)52(48(43)33-38)45-24-12-9-20-40(45)41-21-10-13-25-46(41)52/h1-33H. The first kappa shape index (κ1) is 31.3. The molecule has 0 atom stereocenters. The van der Waals surface area contributed by atoms with E-state index in [1.807, 2.05) is 60.7 Å². The number of aromatic nitrogens is 3. The second kappa shape index (κ2) is 12.4. The first-order valence-electron chi connectivity index (χ1n) is 18.8. The molecule has 0 saturated carbocycles. The highest BCUT2D eigenvalue weighted by atomic mass is 15.0. The third kappa shape index (κ3) is 4.80. The van der Waals surface area contributed by atoms with Gasteiger partial charge in [0.1, 0.15) is 0 Å². The molecule has 8 aromatic carbocycles. The largest absolute Gasteiger partial charge is 0.208 e. The fourth-order valence-electron chi connectivity index (χ4n) is 8.98. The molecule has 0 amide bonds. The van der Waals surface area contributed by atoms with Crippen molar-refractivity contribution in [2.75, 3.05) is 0 Å². The smallest absolute Gasteiger partial charge is 0.164 e. The van der Waals surface area contributed by atoms with Gasteiger partial charge in [-0.15, -0.1) is 0 Å². The molecule has 0 N–H and O–H groups in total. The molecule has 256 valence electrons. The Balaban J connectivity index is 1.02. The summed E-state index contributed by atoms with van der Waals surface area (Å²) in [5.74, 6) is 1.95. The SMILES string of the molecule is c1ccc(-c2nc(-c3ccccc3)nc(-c3ccccc3-c3ccc(-c4ccc5c(c4)C4(c6ccccc6-c6ccccc64)c4ccccc4-5)cc3)n2)cc1. The summed E-state index contributed by atoms with van der Waals surface area (Å²) in [4.78, 5) is 15.0. The van der Waals surface area contributed by atoms with Gasteiger partial charge in [-0.05, 0) is 72.8 Å². The summed E-state index contributed by atoms with van der Waals surface area (Å²) in [5, 5.41) is 0. The number of hydrogen-bond acceptors (Lipinski definition) is 3. The summed E-state index contributed by atoms with van der Waals surface area (Å²) in [5.41, 5.74) is 17.7. The maximum Gasteiger partial charge on any atom is 0.164 e. The summed E-state index contributed by atoms with van der Waals surface area (Å²) in [6.07, 6.45) is 0. The van der Waals surface area contributed by atoms with Crippen LogP contribution in [0.5, 0.6) is 0 Å². The van der Waals surface area contributed by atoms with Gasteiger partial charge in [0.2, 0.25) is 0 Å². The number of hydrogen-bond donors (Lipinski definition) is 0. The normalized spacial score (nSPS) is 12.9. The fourth-order valence-corrected chi connectivity index (χ4v) is 8.98. The molecule has 0 aliphatic heterocycles. The number of nitrogens with zero attached hydrogens (tertiary/aromatic N) is 3. The van der Waals surface area contributed by atoms with Crippen molar-refractivity contribution < 1.29 is 0 Å². The maximum atomic E-state index is 5.05. The minimum atomic E-state index is -0.365. The molecule has 2 aliphatic carbocycles. The van der Waals surface area contributed by atoms with Gasteiger partial charge < -0.3 is 0 Å². The van der Waals surface area contributed by atoms with Crippen molar-refractivity contribution in [3.63, 3.8) is 0 Å². The van der Waals surface area contributed by atoms with Gasteiger partial charge in [-0.3, -0.25) is 0 Å². The molecule has 3 nitrogen and oxygen atoms in total. The Morgan fingerprint density at radius 2 is 0.618 bits per heavy atom. The molecule has 0 unspecified atom stereocenters. The van der Waals surface area contributed by atoms with Crippen LogP contribution in [-0.2, 0) is 5.41 Å². The quantitative estimate of drug-likeness (QED) is 0.179. The van der Waals surface area contributed by atoms with E-state index >= 15 is 0 Å². The van der Waals surface area contributed by atoms with Gasteiger partial charge in [0.15, 0.2) is 17.5 Å². The van der Waals surface area contributed by atoms with Crippen LogP contribution in [0.3, 0.4) is 0 Å². The van der Waals surface area contributed by atoms with E-state index in [9.17, 15) is 0 Å². The monoisotopic (exact) mass is 699 g/mol. The van der Waals surface area contributed by atoms with Crippen molar-refractivity contribution in [3.8, 4) is 78.7 Å². The number of rotatable bonds is 5. The van der Waals surface area contributed by atoms with Gasteiger partial charge in [0, 0.05) is 16.7 Å². The van der Waals surface area contributed by atoms with Crippen LogP contribution >= 0.6 is 0 Å². The third-order valence-electron chi connectivity index (χ3n) is 11.4. The maximum absolute atomic E-state index is 5.05. The molecular formula is C52H33N3. The fraction of sp³-hybridized carbons (Fsp3) is 0.0192. The molecule has 3 heteroatoms. The molecule has 55 heavy (non-hydrogen) atoms. The van der Waals surface area contributed by atoms with Gasteiger partial charge in [0.25, 0.3) is 0 Å². The lowest BCUT2D eigenvalue weighted by Gasteiger charge is -2.30. The molecule has 0 fully saturated rings. The number of benzene rings is 8. The molecule has 1 aromatic heterocycles. The van der Waals surface area contributed by atoms with Crippen LogP contribution in [0.1, 0.15) is 22.3 Å². The van der Waals surface area contributed by atoms with E-state index in [0.717, 1.165) is 27.8 Å². The first-order chi connectivity index (χ1) is 27.3. The predicted octanol–water partition coefficient (Wildman–Crippen LogP) is 12.6. The van der Waals surface area contributed by atoms with Crippen LogP contribution in [0.25, 0.3) is 78.7 Å². The lowest BCUT2D eigenvalue weighted by molar-refractivity contribution is 0.794. The molecule has 1 heterocycles. The summed E-state index contributed by atoms with van der Waals surface area (Å²) in [7, 11) is 0. The third-order valence-corrected chi connectivity index (χ3v) is 11.4. The van der Waals surface area contributed by atoms with E-state index in [1.165, 1.54) is 55.6 Å². The molecule has 9 aromatic rings. The van der Waals surface area contributed by atoms with Crippen molar-refractivity contribution in [2.45, 2.75) is 5.41 Å². The zero-order valence-corrected chi connectivity index (χ0v) is 29.9. The highest BCUT2D eigenvalue weighted by Crippen LogP contribution is 2.63. The van der Waals surface area contributed by atoms with Gasteiger partial charge in [0.05, 0.1) is 5.41 Å². The van der Waals surface area contributed by atoms with Crippen LogP contribution in [-0.4, -0.2) is 15.0 Å². The van der Waals surface area contributed by atoms with Crippen LogP contribution in [0, 0.1) is 0 Å². The minimum absolute atomic E-state index is 0.365. The van der Waals surface area contributed by atoms with Crippen LogP contribution < -0.4 is 0 Å². The van der Waals surface area contributed by atoms with E-state index in [4.69, 9.17) is 15.0 Å². The molecule has 0 saturated heterocycles. The van der Waals surface area contributed by atoms with Gasteiger partial charge in [-0.25, -0.2) is 15.0 Å². The molecule has 2 aliphatic rings. The van der Waals surface area contributed by atoms with Crippen LogP contribution in [0.2, 0.25) is 0 Å². The Kier molecular flexibility index (Phi) is 7.08. The van der Waals surface area contributed by atoms with Gasteiger partial charge in [-0.2, -0.15) is 0 Å². The lowest BCUT2D eigenvalue weighted by Crippen LogP contribution is -2.25. The molecule has 0 bridgehead atoms. The van der Waals surface area contributed by atoms with Crippen molar-refractivity contribution >= 4 is 0 Å². The van der Waals surface area contributed by atoms with Gasteiger partial charge in [-0.1, -0.05) is 194 Å². The Bertz CT molecular complexity index is 2790. The van der Waals surface area contributed by atoms with Crippen molar-refractivity contribution in [2.24, 2.45) is 0 Å². The van der Waals surface area contributed by atoms with E-state index < -0.39 is 0 Å². The summed E-state index contributed by atoms with van der Waals surface area (Å²) < 4.78 is 0. The molecule has 11 rings (SSSR count). The zero-order valence-electron chi connectivity index (χ0n) is 29.9. The first-order valence-corrected chi connectivity index (χ1v) is 18.8. The average Bonchev–Trinajstić information content (AvgIpc) is 3.74. The summed E-state index contributed by atoms with van der Waals surface area (Å²) in [6.45, 7) is 0.